The van der Waals surface area contributed by atoms with Crippen LogP contribution in [0, 0.1) is 0 Å². The second kappa shape index (κ2) is 6.76. The van der Waals surface area contributed by atoms with Gasteiger partial charge < -0.3 is 5.73 Å². The van der Waals surface area contributed by atoms with Crippen molar-refractivity contribution < 1.29 is 0 Å². The quantitative estimate of drug-likeness (QED) is 0.577. The number of hydrogen-bond donors (Lipinski definition) is 2. The van der Waals surface area contributed by atoms with Gasteiger partial charge in [0.05, 0.1) is 5.41 Å². The number of fused-ring (bicyclic) bond motifs is 3. The van der Waals surface area contributed by atoms with Crippen LogP contribution in [0.2, 0.25) is 0 Å². The van der Waals surface area contributed by atoms with Crippen molar-refractivity contribution in [2.45, 2.75) is 30.7 Å². The summed E-state index contributed by atoms with van der Waals surface area (Å²) in [4.78, 5) is 1.08. The lowest BCUT2D eigenvalue weighted by Gasteiger charge is -2.38. The van der Waals surface area contributed by atoms with E-state index in [1.165, 1.54) is 33.4 Å². The van der Waals surface area contributed by atoms with Gasteiger partial charge in [-0.25, -0.2) is 0 Å². The fourth-order valence-electron chi connectivity index (χ4n) is 4.91. The summed E-state index contributed by atoms with van der Waals surface area (Å²) in [6, 6.07) is 17.6. The molecule has 0 radical (unpaired) electrons. The van der Waals surface area contributed by atoms with Gasteiger partial charge in [0, 0.05) is 5.54 Å². The summed E-state index contributed by atoms with van der Waals surface area (Å²) in [5.41, 5.74) is 13.6. The van der Waals surface area contributed by atoms with Gasteiger partial charge in [0.1, 0.15) is 0 Å². The standard InChI is InChI=1S/C27H25NS/c1-26(28)17-15-20(16-18-26)27(19-7-6-8-21(29)14-13-19)24-11-4-2-9-22(24)23-10-3-5-12-25(23)27/h2-7,9-17,29H,8,18,28H2,1H3. The molecule has 2 heteroatoms. The van der Waals surface area contributed by atoms with Gasteiger partial charge in [0.2, 0.25) is 0 Å². The van der Waals surface area contributed by atoms with Crippen molar-refractivity contribution in [1.29, 1.82) is 0 Å². The van der Waals surface area contributed by atoms with Crippen LogP contribution in [0.3, 0.4) is 0 Å². The molecule has 0 heterocycles. The van der Waals surface area contributed by atoms with Crippen molar-refractivity contribution in [2.24, 2.45) is 5.73 Å². The molecule has 3 aliphatic rings. The summed E-state index contributed by atoms with van der Waals surface area (Å²) >= 11 is 4.62. The molecule has 1 unspecified atom stereocenters. The van der Waals surface area contributed by atoms with Crippen LogP contribution >= 0.6 is 12.6 Å². The first-order valence-electron chi connectivity index (χ1n) is 10.2. The molecular formula is C27H25NS. The molecule has 2 aromatic carbocycles. The first kappa shape index (κ1) is 18.5. The fraction of sp³-hybridized carbons (Fsp3) is 0.185. The summed E-state index contributed by atoms with van der Waals surface area (Å²) in [6.45, 7) is 2.08. The van der Waals surface area contributed by atoms with Gasteiger partial charge in [-0.2, -0.15) is 0 Å². The van der Waals surface area contributed by atoms with Gasteiger partial charge in [-0.3, -0.25) is 0 Å². The van der Waals surface area contributed by atoms with Crippen LogP contribution in [-0.4, -0.2) is 5.54 Å². The summed E-state index contributed by atoms with van der Waals surface area (Å²) in [6.07, 6.45) is 17.3. The van der Waals surface area contributed by atoms with Crippen LogP contribution < -0.4 is 5.73 Å². The predicted octanol–water partition coefficient (Wildman–Crippen LogP) is 6.26. The predicted molar refractivity (Wildman–Crippen MR) is 126 cm³/mol. The zero-order valence-electron chi connectivity index (χ0n) is 16.6. The van der Waals surface area contributed by atoms with Crippen LogP contribution in [0.25, 0.3) is 11.1 Å². The Morgan fingerprint density at radius 3 is 2.14 bits per heavy atom. The zero-order chi connectivity index (χ0) is 20.1. The number of hydrogen-bond acceptors (Lipinski definition) is 2. The highest BCUT2D eigenvalue weighted by Crippen LogP contribution is 2.57. The van der Waals surface area contributed by atoms with E-state index in [4.69, 9.17) is 5.73 Å². The highest BCUT2D eigenvalue weighted by atomic mass is 32.1. The number of nitrogens with two attached hydrogens (primary N) is 1. The fourth-order valence-corrected chi connectivity index (χ4v) is 5.09. The smallest absolute Gasteiger partial charge is 0.0710 e. The molecule has 0 fully saturated rings. The molecule has 3 aliphatic carbocycles. The van der Waals surface area contributed by atoms with Crippen LogP contribution in [0.1, 0.15) is 30.9 Å². The number of benzene rings is 2. The number of rotatable bonds is 2. The molecule has 29 heavy (non-hydrogen) atoms. The van der Waals surface area contributed by atoms with Gasteiger partial charge in [0.15, 0.2) is 0 Å². The van der Waals surface area contributed by atoms with Crippen molar-refractivity contribution in [2.75, 3.05) is 0 Å². The van der Waals surface area contributed by atoms with E-state index in [9.17, 15) is 0 Å². The molecule has 0 saturated heterocycles. The monoisotopic (exact) mass is 395 g/mol. The second-order valence-corrected chi connectivity index (χ2v) is 9.00. The molecular weight excluding hydrogens is 370 g/mol. The maximum atomic E-state index is 6.41. The van der Waals surface area contributed by atoms with Crippen molar-refractivity contribution in [1.82, 2.24) is 0 Å². The molecule has 0 bridgehead atoms. The summed E-state index contributed by atoms with van der Waals surface area (Å²) < 4.78 is 0. The Morgan fingerprint density at radius 1 is 0.862 bits per heavy atom. The molecule has 2 N–H and O–H groups in total. The number of thiol groups is 1. The molecule has 0 spiro atoms. The van der Waals surface area contributed by atoms with Crippen LogP contribution in [0.4, 0.5) is 0 Å². The highest BCUT2D eigenvalue weighted by Gasteiger charge is 2.47. The van der Waals surface area contributed by atoms with E-state index in [2.05, 4.69) is 111 Å². The number of allylic oxidation sites excluding steroid dienone is 8. The molecule has 0 aliphatic heterocycles. The molecule has 1 atom stereocenters. The lowest BCUT2D eigenvalue weighted by molar-refractivity contribution is 0.577. The van der Waals surface area contributed by atoms with E-state index in [0.717, 1.165) is 17.7 Å². The molecule has 0 amide bonds. The van der Waals surface area contributed by atoms with E-state index in [1.54, 1.807) is 0 Å². The molecule has 0 saturated carbocycles. The highest BCUT2D eigenvalue weighted by molar-refractivity contribution is 7.84. The Bertz CT molecular complexity index is 1100. The Hall–Kier alpha value is -2.55. The van der Waals surface area contributed by atoms with Crippen molar-refractivity contribution in [3.63, 3.8) is 0 Å². The van der Waals surface area contributed by atoms with Gasteiger partial charge in [-0.1, -0.05) is 91.1 Å². The van der Waals surface area contributed by atoms with E-state index in [0.29, 0.717) is 0 Å². The Labute approximate surface area is 178 Å². The average Bonchev–Trinajstić information content (AvgIpc) is 2.84. The topological polar surface area (TPSA) is 26.0 Å². The second-order valence-electron chi connectivity index (χ2n) is 8.43. The first-order valence-corrected chi connectivity index (χ1v) is 10.6. The normalized spacial score (nSPS) is 24.2. The Balaban J connectivity index is 1.86. The van der Waals surface area contributed by atoms with Gasteiger partial charge in [-0.15, -0.1) is 12.6 Å². The minimum absolute atomic E-state index is 0.297. The summed E-state index contributed by atoms with van der Waals surface area (Å²) in [5, 5.41) is 0. The minimum Gasteiger partial charge on any atom is -0.322 e. The van der Waals surface area contributed by atoms with E-state index in [-0.39, 0.29) is 11.0 Å². The molecule has 0 aromatic heterocycles. The summed E-state index contributed by atoms with van der Waals surface area (Å²) in [7, 11) is 0. The Kier molecular flexibility index (Phi) is 4.31. The van der Waals surface area contributed by atoms with Crippen molar-refractivity contribution >= 4 is 12.6 Å². The maximum Gasteiger partial charge on any atom is 0.0710 e. The van der Waals surface area contributed by atoms with E-state index < -0.39 is 0 Å². The zero-order valence-corrected chi connectivity index (χ0v) is 17.5. The van der Waals surface area contributed by atoms with E-state index >= 15 is 0 Å². The third-order valence-corrected chi connectivity index (χ3v) is 6.64. The Morgan fingerprint density at radius 2 is 1.52 bits per heavy atom. The van der Waals surface area contributed by atoms with Gasteiger partial charge in [-0.05, 0) is 58.1 Å². The van der Waals surface area contributed by atoms with Crippen LogP contribution in [-0.2, 0) is 5.41 Å². The SMILES string of the molecule is CC1(N)C=CC(C2(C3=CC=C(S)CC=C3)c3ccccc3-c3ccccc32)=CC1. The third-order valence-electron chi connectivity index (χ3n) is 6.30. The third kappa shape index (κ3) is 2.82. The summed E-state index contributed by atoms with van der Waals surface area (Å²) in [5.74, 6) is 0. The van der Waals surface area contributed by atoms with Crippen molar-refractivity contribution in [3.8, 4) is 11.1 Å². The largest absolute Gasteiger partial charge is 0.322 e. The minimum atomic E-state index is -0.342. The van der Waals surface area contributed by atoms with Gasteiger partial charge >= 0.3 is 0 Å². The van der Waals surface area contributed by atoms with Crippen LogP contribution in [0.15, 0.2) is 107 Å². The molecule has 2 aromatic rings. The van der Waals surface area contributed by atoms with Crippen molar-refractivity contribution in [3.05, 3.63) is 118 Å². The molecule has 5 rings (SSSR count). The van der Waals surface area contributed by atoms with Crippen LogP contribution in [0.5, 0.6) is 0 Å². The van der Waals surface area contributed by atoms with Gasteiger partial charge in [0.25, 0.3) is 0 Å². The maximum absolute atomic E-state index is 6.41. The lowest BCUT2D eigenvalue weighted by Crippen LogP contribution is -2.37. The molecule has 1 nitrogen and oxygen atoms in total. The average molecular weight is 396 g/mol. The first-order chi connectivity index (χ1) is 14.0. The lowest BCUT2D eigenvalue weighted by atomic mass is 9.64. The molecule has 144 valence electrons. The van der Waals surface area contributed by atoms with E-state index in [1.807, 2.05) is 0 Å².